The van der Waals surface area contributed by atoms with E-state index in [1.165, 1.54) is 42.3 Å². The average molecular weight is 1130 g/mol. The highest BCUT2D eigenvalue weighted by atomic mass is 127. The molecule has 3 heterocycles. The van der Waals surface area contributed by atoms with Crippen LogP contribution in [0.15, 0.2) is 227 Å². The summed E-state index contributed by atoms with van der Waals surface area (Å²) in [5.74, 6) is 0. The fourth-order valence-corrected chi connectivity index (χ4v) is 9.94. The predicted molar refractivity (Wildman–Crippen MR) is 301 cm³/mol. The zero-order chi connectivity index (χ0) is 47.3. The number of hydrogen-bond acceptors (Lipinski definition) is 4. The monoisotopic (exact) mass is 1120 g/mol. The first kappa shape index (κ1) is 47.3. The molecule has 1 fully saturated rings. The van der Waals surface area contributed by atoms with Gasteiger partial charge in [-0.3, -0.25) is 0 Å². The van der Waals surface area contributed by atoms with Crippen molar-refractivity contribution in [2.45, 2.75) is 38.9 Å². The maximum atomic E-state index is 6.26. The number of aromatic nitrogens is 2. The first-order valence-electron chi connectivity index (χ1n) is 22.5. The van der Waals surface area contributed by atoms with Gasteiger partial charge in [-0.2, -0.15) is 0 Å². The van der Waals surface area contributed by atoms with Crippen molar-refractivity contribution in [2.75, 3.05) is 0 Å². The molecule has 0 amide bonds. The van der Waals surface area contributed by atoms with Crippen molar-refractivity contribution in [3.8, 4) is 55.9 Å². The van der Waals surface area contributed by atoms with Gasteiger partial charge in [0.2, 0.25) is 0 Å². The SMILES string of the molecule is Brc1cccc(-c2cccc(-c3cc(-c4ccccc4)c4ccccc4n3)c2)c1.Brc1cccc(I)c1.CC1(C)OB(c2cccc(-c3cc(-c4ccccc4)c4ccccc4n3)c2)OC1(C)C. The van der Waals surface area contributed by atoms with E-state index >= 15 is 0 Å². The molecule has 1 aliphatic rings. The predicted octanol–water partition coefficient (Wildman–Crippen LogP) is 16.9. The van der Waals surface area contributed by atoms with Crippen LogP contribution >= 0.6 is 54.5 Å². The molecule has 68 heavy (non-hydrogen) atoms. The van der Waals surface area contributed by atoms with E-state index in [-0.39, 0.29) is 18.3 Å². The van der Waals surface area contributed by atoms with Gasteiger partial charge in [-0.25, -0.2) is 9.97 Å². The number of hydrogen-bond donors (Lipinski definition) is 0. The lowest BCUT2D eigenvalue weighted by Crippen LogP contribution is -2.41. The molecule has 1 saturated heterocycles. The van der Waals surface area contributed by atoms with Crippen molar-refractivity contribution in [1.82, 2.24) is 9.97 Å². The van der Waals surface area contributed by atoms with Crippen LogP contribution < -0.4 is 5.46 Å². The van der Waals surface area contributed by atoms with Gasteiger partial charge in [-0.15, -0.1) is 0 Å². The fourth-order valence-electron chi connectivity index (χ4n) is 8.17. The van der Waals surface area contributed by atoms with Gasteiger partial charge in [-0.05, 0) is 155 Å². The molecule has 0 unspecified atom stereocenters. The van der Waals surface area contributed by atoms with Crippen molar-refractivity contribution in [3.63, 3.8) is 0 Å². The van der Waals surface area contributed by atoms with Crippen LogP contribution in [-0.2, 0) is 9.31 Å². The average Bonchev–Trinajstić information content (AvgIpc) is 3.59. The third-order valence-corrected chi connectivity index (χ3v) is 14.1. The maximum absolute atomic E-state index is 6.26. The molecule has 1 aliphatic heterocycles. The van der Waals surface area contributed by atoms with Crippen LogP contribution in [0.5, 0.6) is 0 Å². The number of halogens is 3. The van der Waals surface area contributed by atoms with E-state index in [1.807, 2.05) is 36.4 Å². The molecule has 0 N–H and O–H groups in total. The Morgan fingerprint density at radius 2 is 0.809 bits per heavy atom. The van der Waals surface area contributed by atoms with E-state index in [1.54, 1.807) is 0 Å². The Kier molecular flexibility index (Phi) is 14.5. The summed E-state index contributed by atoms with van der Waals surface area (Å²) < 4.78 is 16.0. The number of pyridine rings is 2. The smallest absolute Gasteiger partial charge is 0.399 e. The molecular weight excluding hydrogens is 1080 g/mol. The molecule has 2 aromatic heterocycles. The highest BCUT2D eigenvalue weighted by molar-refractivity contribution is 14.1. The number of benzene rings is 8. The lowest BCUT2D eigenvalue weighted by atomic mass is 9.78. The quantitative estimate of drug-likeness (QED) is 0.123. The molecule has 4 nitrogen and oxygen atoms in total. The fraction of sp³-hybridized carbons (Fsp3) is 0.100. The molecule has 8 heteroatoms. The van der Waals surface area contributed by atoms with Gasteiger partial charge < -0.3 is 9.31 Å². The van der Waals surface area contributed by atoms with Gasteiger partial charge in [0.15, 0.2) is 0 Å². The summed E-state index contributed by atoms with van der Waals surface area (Å²) in [5, 5.41) is 2.32. The van der Waals surface area contributed by atoms with E-state index < -0.39 is 0 Å². The van der Waals surface area contributed by atoms with E-state index in [0.29, 0.717) is 0 Å². The van der Waals surface area contributed by atoms with Gasteiger partial charge >= 0.3 is 7.12 Å². The van der Waals surface area contributed by atoms with Crippen LogP contribution in [0.4, 0.5) is 0 Å². The summed E-state index contributed by atoms with van der Waals surface area (Å²) in [4.78, 5) is 9.95. The third kappa shape index (κ3) is 10.9. The Labute approximate surface area is 430 Å². The van der Waals surface area contributed by atoms with E-state index in [0.717, 1.165) is 53.3 Å². The first-order chi connectivity index (χ1) is 32.9. The Bertz CT molecular complexity index is 3330. The number of para-hydroxylation sites is 2. The van der Waals surface area contributed by atoms with E-state index in [9.17, 15) is 0 Å². The Balaban J connectivity index is 0.000000146. The Morgan fingerprint density at radius 1 is 0.397 bits per heavy atom. The lowest BCUT2D eigenvalue weighted by molar-refractivity contribution is 0.00578. The minimum Gasteiger partial charge on any atom is -0.399 e. The van der Waals surface area contributed by atoms with Crippen molar-refractivity contribution in [3.05, 3.63) is 231 Å². The molecule has 0 aliphatic carbocycles. The van der Waals surface area contributed by atoms with Gasteiger partial charge in [0.05, 0.1) is 33.6 Å². The zero-order valence-corrected chi connectivity index (χ0v) is 43.5. The van der Waals surface area contributed by atoms with E-state index in [2.05, 4.69) is 264 Å². The molecule has 11 rings (SSSR count). The van der Waals surface area contributed by atoms with E-state index in [4.69, 9.17) is 19.3 Å². The summed E-state index contributed by atoms with van der Waals surface area (Å²) in [6, 6.07) is 75.5. The van der Waals surface area contributed by atoms with Crippen molar-refractivity contribution in [2.24, 2.45) is 0 Å². The van der Waals surface area contributed by atoms with Crippen LogP contribution in [0.1, 0.15) is 27.7 Å². The highest BCUT2D eigenvalue weighted by Gasteiger charge is 2.51. The molecule has 8 aromatic carbocycles. The maximum Gasteiger partial charge on any atom is 0.494 e. The Morgan fingerprint density at radius 3 is 1.31 bits per heavy atom. The van der Waals surface area contributed by atoms with Crippen LogP contribution in [0.2, 0.25) is 0 Å². The van der Waals surface area contributed by atoms with Crippen molar-refractivity contribution >= 4 is 88.8 Å². The number of fused-ring (bicyclic) bond motifs is 2. The lowest BCUT2D eigenvalue weighted by Gasteiger charge is -2.32. The number of nitrogens with zero attached hydrogens (tertiary/aromatic N) is 2. The normalized spacial score (nSPS) is 13.6. The topological polar surface area (TPSA) is 44.2 Å². The zero-order valence-electron chi connectivity index (χ0n) is 38.2. The molecule has 0 radical (unpaired) electrons. The van der Waals surface area contributed by atoms with Gasteiger partial charge in [-0.1, -0.05) is 190 Å². The van der Waals surface area contributed by atoms with Crippen LogP contribution in [0.25, 0.3) is 77.7 Å². The summed E-state index contributed by atoms with van der Waals surface area (Å²) in [5.41, 5.74) is 13.5. The molecule has 0 spiro atoms. The van der Waals surface area contributed by atoms with Gasteiger partial charge in [0.1, 0.15) is 0 Å². The standard InChI is InChI=1S/C27H26BNO2.C27H18BrN.C6H4BrI/c1-26(2)27(3,4)31-28(30-26)21-14-10-13-20(17-21)25-18-23(19-11-6-5-7-12-19)22-15-8-9-16-24(22)29-25;28-23-13-7-11-21(17-23)20-10-6-12-22(16-20)27-18-25(19-8-2-1-3-9-19)24-14-4-5-15-26(24)29-27;7-5-2-1-3-6(8)4-5/h5-18H,1-4H3;1-18H;1-4H. The minimum absolute atomic E-state index is 0.366. The van der Waals surface area contributed by atoms with Crippen LogP contribution in [-0.4, -0.2) is 28.3 Å². The third-order valence-electron chi connectivity index (χ3n) is 12.4. The van der Waals surface area contributed by atoms with Crippen molar-refractivity contribution in [1.29, 1.82) is 0 Å². The second kappa shape index (κ2) is 20.9. The second-order valence-corrected chi connectivity index (χ2v) is 20.7. The summed E-state index contributed by atoms with van der Waals surface area (Å²) in [7, 11) is -0.390. The van der Waals surface area contributed by atoms with Gasteiger partial charge in [0.25, 0.3) is 0 Å². The largest absolute Gasteiger partial charge is 0.494 e. The summed E-state index contributed by atoms with van der Waals surface area (Å²) in [6.07, 6.45) is 0. The molecule has 10 aromatic rings. The number of rotatable bonds is 6. The van der Waals surface area contributed by atoms with Crippen molar-refractivity contribution < 1.29 is 9.31 Å². The molecule has 0 atom stereocenters. The minimum atomic E-state index is -0.390. The summed E-state index contributed by atoms with van der Waals surface area (Å²) >= 11 is 9.21. The molecular formula is C60H48BBr2IN2O2. The molecule has 0 bridgehead atoms. The van der Waals surface area contributed by atoms with Gasteiger partial charge in [0, 0.05) is 28.9 Å². The highest BCUT2D eigenvalue weighted by Crippen LogP contribution is 2.38. The van der Waals surface area contributed by atoms with Crippen LogP contribution in [0, 0.1) is 3.57 Å². The molecule has 334 valence electrons. The second-order valence-electron chi connectivity index (χ2n) is 17.6. The Hall–Kier alpha value is -5.75. The summed E-state index contributed by atoms with van der Waals surface area (Å²) in [6.45, 7) is 8.31. The first-order valence-corrected chi connectivity index (χ1v) is 25.2. The van der Waals surface area contributed by atoms with Crippen LogP contribution in [0.3, 0.4) is 0 Å². The molecule has 0 saturated carbocycles.